The predicted molar refractivity (Wildman–Crippen MR) is 165 cm³/mol. The fraction of sp³-hybridized carbons (Fsp3) is 0.406. The van der Waals surface area contributed by atoms with E-state index in [1.54, 1.807) is 29.2 Å². The van der Waals surface area contributed by atoms with Crippen LogP contribution in [0.1, 0.15) is 29.3 Å². The number of anilines is 1. The summed E-state index contributed by atoms with van der Waals surface area (Å²) < 4.78 is 51.0. The number of halogens is 4. The van der Waals surface area contributed by atoms with Gasteiger partial charge in [0.1, 0.15) is 23.2 Å². The lowest BCUT2D eigenvalue weighted by molar-refractivity contribution is -0.131. The summed E-state index contributed by atoms with van der Waals surface area (Å²) in [6.07, 6.45) is 3.87. The lowest BCUT2D eigenvalue weighted by Gasteiger charge is -2.41. The van der Waals surface area contributed by atoms with Crippen molar-refractivity contribution in [3.8, 4) is 23.3 Å². The minimum absolute atomic E-state index is 0.0346. The Labute approximate surface area is 263 Å². The molecule has 3 aliphatic rings. The number of allylic oxidation sites excluding steroid dienone is 1. The van der Waals surface area contributed by atoms with Crippen LogP contribution in [0.2, 0.25) is 0 Å². The zero-order valence-electron chi connectivity index (χ0n) is 24.6. The Morgan fingerprint density at radius 3 is 2.80 bits per heavy atom. The van der Waals surface area contributed by atoms with Gasteiger partial charge in [-0.15, -0.1) is 11.6 Å². The fourth-order valence-corrected chi connectivity index (χ4v) is 6.64. The Balaban J connectivity index is 1.43. The molecule has 234 valence electrons. The number of rotatable bonds is 7. The largest absolute Gasteiger partial charge is 0.463 e. The Morgan fingerprint density at radius 2 is 2.07 bits per heavy atom. The van der Waals surface area contributed by atoms with Crippen LogP contribution in [0.25, 0.3) is 28.2 Å². The number of ether oxygens (including phenoxy) is 1. The number of carbonyl (C=O) groups is 1. The first kappa shape index (κ1) is 30.8. The molecule has 13 heteroatoms. The van der Waals surface area contributed by atoms with E-state index in [4.69, 9.17) is 16.3 Å². The zero-order valence-corrected chi connectivity index (χ0v) is 25.4. The molecule has 2 saturated heterocycles. The summed E-state index contributed by atoms with van der Waals surface area (Å²) in [5.74, 6) is -2.18. The summed E-state index contributed by atoms with van der Waals surface area (Å²) in [7, 11) is 2.03. The van der Waals surface area contributed by atoms with Crippen molar-refractivity contribution in [3.05, 3.63) is 59.8 Å². The number of piperazine rings is 1. The quantitative estimate of drug-likeness (QED) is 0.257. The molecule has 2 aromatic heterocycles. The van der Waals surface area contributed by atoms with E-state index in [0.717, 1.165) is 19.5 Å². The topological polar surface area (TPSA) is 98.5 Å². The molecular formula is C32H31ClF3N7O2. The molecule has 6 rings (SSSR count). The molecule has 0 radical (unpaired) electrons. The number of amides is 1. The smallest absolute Gasteiger partial charge is 0.319 e. The third-order valence-electron chi connectivity index (χ3n) is 8.59. The SMILES string of the molecule is C=C(F)C(=O)N1CCN(c2nc(OC[C@@H]3CCN(C)C3)nc3c(F)c(-c4cccc5c4C(Cl)C(F)C=C5)ncc23)C[C@@H]1CC#N. The Morgan fingerprint density at radius 1 is 1.24 bits per heavy atom. The summed E-state index contributed by atoms with van der Waals surface area (Å²) in [6.45, 7) is 5.65. The molecule has 2 unspecified atom stereocenters. The second kappa shape index (κ2) is 12.7. The van der Waals surface area contributed by atoms with Crippen LogP contribution in [0.3, 0.4) is 0 Å². The monoisotopic (exact) mass is 637 g/mol. The first-order valence-electron chi connectivity index (χ1n) is 14.7. The maximum absolute atomic E-state index is 16.6. The van der Waals surface area contributed by atoms with E-state index in [2.05, 4.69) is 32.5 Å². The van der Waals surface area contributed by atoms with Crippen molar-refractivity contribution >= 4 is 40.3 Å². The normalized spacial score (nSPS) is 23.2. The number of carbonyl (C=O) groups excluding carboxylic acids is 1. The van der Waals surface area contributed by atoms with Gasteiger partial charge in [-0.2, -0.15) is 15.2 Å². The molecule has 4 heterocycles. The van der Waals surface area contributed by atoms with E-state index in [1.807, 2.05) is 7.05 Å². The van der Waals surface area contributed by atoms with Crippen LogP contribution in [-0.4, -0.2) is 89.3 Å². The van der Waals surface area contributed by atoms with Crippen LogP contribution < -0.4 is 9.64 Å². The summed E-state index contributed by atoms with van der Waals surface area (Å²) in [6, 6.07) is 6.51. The Hall–Kier alpha value is -4.21. The molecule has 1 amide bonds. The predicted octanol–water partition coefficient (Wildman–Crippen LogP) is 5.22. The molecule has 1 aromatic carbocycles. The van der Waals surface area contributed by atoms with Crippen LogP contribution in [0.15, 0.2) is 42.9 Å². The van der Waals surface area contributed by atoms with Gasteiger partial charge in [-0.25, -0.2) is 13.2 Å². The van der Waals surface area contributed by atoms with Gasteiger partial charge >= 0.3 is 6.01 Å². The number of likely N-dealkylation sites (tertiary alicyclic amines) is 1. The van der Waals surface area contributed by atoms with Gasteiger partial charge in [0, 0.05) is 43.9 Å². The van der Waals surface area contributed by atoms with Crippen molar-refractivity contribution in [2.45, 2.75) is 30.4 Å². The van der Waals surface area contributed by atoms with Crippen LogP contribution in [0, 0.1) is 23.1 Å². The van der Waals surface area contributed by atoms with Crippen molar-refractivity contribution in [1.29, 1.82) is 5.26 Å². The summed E-state index contributed by atoms with van der Waals surface area (Å²) in [5, 5.41) is 8.70. The van der Waals surface area contributed by atoms with Gasteiger partial charge in [0.15, 0.2) is 11.6 Å². The molecule has 4 atom stereocenters. The van der Waals surface area contributed by atoms with Gasteiger partial charge in [-0.3, -0.25) is 9.78 Å². The van der Waals surface area contributed by atoms with Crippen molar-refractivity contribution in [2.24, 2.45) is 5.92 Å². The molecule has 1 aliphatic carbocycles. The number of pyridine rings is 1. The second-order valence-corrected chi connectivity index (χ2v) is 12.1. The standard InChI is InChI=1S/C32H31ClF3N7O2/c1-18(34)31(44)43-13-12-42(16-21(43)8-10-37)30-23-14-38-28(22-5-3-4-20-6-7-24(35)26(33)25(20)22)27(36)29(23)39-32(40-30)45-17-19-9-11-41(2)15-19/h3-7,14,19,21,24,26H,1,8-9,11-13,15-17H2,2H3/t19-,21+,24?,26?/m1/s1. The van der Waals surface area contributed by atoms with E-state index in [1.165, 1.54) is 17.2 Å². The lowest BCUT2D eigenvalue weighted by Crippen LogP contribution is -2.55. The molecule has 9 nitrogen and oxygen atoms in total. The Kier molecular flexibility index (Phi) is 8.66. The van der Waals surface area contributed by atoms with Gasteiger partial charge in [0.25, 0.3) is 5.91 Å². The van der Waals surface area contributed by atoms with Crippen molar-refractivity contribution < 1.29 is 22.7 Å². The highest BCUT2D eigenvalue weighted by Crippen LogP contribution is 2.42. The molecule has 2 aliphatic heterocycles. The third kappa shape index (κ3) is 5.94. The van der Waals surface area contributed by atoms with E-state index >= 15 is 4.39 Å². The molecule has 0 saturated carbocycles. The number of aromatic nitrogens is 3. The van der Waals surface area contributed by atoms with Crippen molar-refractivity contribution in [1.82, 2.24) is 24.8 Å². The maximum Gasteiger partial charge on any atom is 0.319 e. The number of nitrogens with zero attached hydrogens (tertiary/aromatic N) is 7. The molecular weight excluding hydrogens is 607 g/mol. The van der Waals surface area contributed by atoms with Gasteiger partial charge in [-0.1, -0.05) is 30.9 Å². The zero-order chi connectivity index (χ0) is 31.8. The first-order valence-corrected chi connectivity index (χ1v) is 15.1. The number of hydrogen-bond donors (Lipinski definition) is 0. The minimum atomic E-state index is -1.45. The highest BCUT2D eigenvalue weighted by Gasteiger charge is 2.34. The lowest BCUT2D eigenvalue weighted by atomic mass is 9.89. The highest BCUT2D eigenvalue weighted by molar-refractivity contribution is 6.22. The summed E-state index contributed by atoms with van der Waals surface area (Å²) >= 11 is 6.47. The molecule has 0 N–H and O–H groups in total. The van der Waals surface area contributed by atoms with E-state index in [9.17, 15) is 18.8 Å². The van der Waals surface area contributed by atoms with E-state index < -0.39 is 35.1 Å². The Bertz CT molecular complexity index is 1730. The fourth-order valence-electron chi connectivity index (χ4n) is 6.32. The first-order chi connectivity index (χ1) is 21.7. The van der Waals surface area contributed by atoms with Crippen LogP contribution in [0.4, 0.5) is 19.0 Å². The van der Waals surface area contributed by atoms with Gasteiger partial charge in [0.05, 0.1) is 35.9 Å². The van der Waals surface area contributed by atoms with Gasteiger partial charge < -0.3 is 19.4 Å². The van der Waals surface area contributed by atoms with Gasteiger partial charge in [0.2, 0.25) is 0 Å². The van der Waals surface area contributed by atoms with Crippen LogP contribution in [-0.2, 0) is 4.79 Å². The molecule has 45 heavy (non-hydrogen) atoms. The minimum Gasteiger partial charge on any atom is -0.463 e. The highest BCUT2D eigenvalue weighted by atomic mass is 35.5. The van der Waals surface area contributed by atoms with E-state index in [-0.39, 0.29) is 54.6 Å². The maximum atomic E-state index is 16.6. The van der Waals surface area contributed by atoms with E-state index in [0.29, 0.717) is 29.1 Å². The molecule has 0 bridgehead atoms. The average Bonchev–Trinajstić information content (AvgIpc) is 3.46. The average molecular weight is 638 g/mol. The summed E-state index contributed by atoms with van der Waals surface area (Å²) in [5.41, 5.74) is 1.36. The van der Waals surface area contributed by atoms with Crippen molar-refractivity contribution in [2.75, 3.05) is 51.3 Å². The van der Waals surface area contributed by atoms with Crippen LogP contribution in [0.5, 0.6) is 6.01 Å². The summed E-state index contributed by atoms with van der Waals surface area (Å²) in [4.78, 5) is 31.3. The van der Waals surface area contributed by atoms with Crippen molar-refractivity contribution in [3.63, 3.8) is 0 Å². The number of hydrogen-bond acceptors (Lipinski definition) is 8. The van der Waals surface area contributed by atoms with Crippen LogP contribution >= 0.6 is 11.6 Å². The number of fused-ring (bicyclic) bond motifs is 2. The number of benzene rings is 1. The molecule has 3 aromatic rings. The second-order valence-electron chi connectivity index (χ2n) is 11.6. The molecule has 2 fully saturated rings. The number of nitriles is 1. The third-order valence-corrected chi connectivity index (χ3v) is 9.05. The molecule has 0 spiro atoms. The number of alkyl halides is 2. The van der Waals surface area contributed by atoms with Gasteiger partial charge in [-0.05, 0) is 37.2 Å².